The highest BCUT2D eigenvalue weighted by molar-refractivity contribution is 6.69. The zero-order chi connectivity index (χ0) is 21.7. The number of nitrogens with zero attached hydrogens (tertiary/aromatic N) is 2. The van der Waals surface area contributed by atoms with Gasteiger partial charge in [0.1, 0.15) is 6.73 Å². The predicted molar refractivity (Wildman–Crippen MR) is 120 cm³/mol. The van der Waals surface area contributed by atoms with Gasteiger partial charge in [0.25, 0.3) is 0 Å². The number of aryl methyl sites for hydroxylation is 1. The van der Waals surface area contributed by atoms with Gasteiger partial charge in [0, 0.05) is 19.7 Å². The third-order valence-corrected chi connectivity index (χ3v) is 4.70. The van der Waals surface area contributed by atoms with Gasteiger partial charge in [-0.3, -0.25) is 15.0 Å². The van der Waals surface area contributed by atoms with Crippen LogP contribution in [0.15, 0.2) is 60.8 Å². The molecule has 0 saturated carbocycles. The Bertz CT molecular complexity index is 744. The van der Waals surface area contributed by atoms with E-state index >= 15 is 0 Å². The van der Waals surface area contributed by atoms with E-state index in [9.17, 15) is 10.1 Å². The second kappa shape index (κ2) is 13.0. The third kappa shape index (κ3) is 12.7. The minimum absolute atomic E-state index is 0.472. The maximum absolute atomic E-state index is 9.96. The molecule has 0 N–H and O–H groups in total. The van der Waals surface area contributed by atoms with Gasteiger partial charge in [-0.05, 0) is 37.7 Å². The van der Waals surface area contributed by atoms with Gasteiger partial charge in [0.05, 0.1) is 11.7 Å². The van der Waals surface area contributed by atoms with Gasteiger partial charge >= 0.3 is 0 Å². The SMILES string of the molecule is COCN(CO[Si](C)(C)C)Cc1ccccc1.Cc1ccc(/C=C/[N+](=O)[O-])cc1. The van der Waals surface area contributed by atoms with Crippen molar-refractivity contribution in [3.8, 4) is 0 Å². The molecule has 0 amide bonds. The number of hydrogen-bond acceptors (Lipinski definition) is 5. The van der Waals surface area contributed by atoms with Gasteiger partial charge < -0.3 is 9.16 Å². The standard InChI is InChI=1S/C13H23NO2Si.C9H9NO2/c1-15-11-14(12-16-17(2,3)4)10-13-8-6-5-7-9-13;1-8-2-4-9(5-3-8)6-7-10(11)12/h5-9H,10-12H2,1-4H3;2-7H,1H3/b;7-6+. The maximum Gasteiger partial charge on any atom is 0.235 e. The van der Waals surface area contributed by atoms with Crippen LogP contribution in [0.1, 0.15) is 16.7 Å². The molecule has 0 atom stereocenters. The first kappa shape index (κ1) is 24.7. The Hall–Kier alpha value is -2.32. The maximum atomic E-state index is 9.96. The molecule has 6 nitrogen and oxygen atoms in total. The Morgan fingerprint density at radius 3 is 2.17 bits per heavy atom. The lowest BCUT2D eigenvalue weighted by Gasteiger charge is -2.26. The minimum Gasteiger partial charge on any atom is -0.405 e. The molecular formula is C22H32N2O4Si. The molecule has 0 aromatic heterocycles. The summed E-state index contributed by atoms with van der Waals surface area (Å²) >= 11 is 0. The molecule has 158 valence electrons. The van der Waals surface area contributed by atoms with Crippen LogP contribution in [0.2, 0.25) is 19.6 Å². The van der Waals surface area contributed by atoms with Crippen LogP contribution >= 0.6 is 0 Å². The van der Waals surface area contributed by atoms with E-state index in [4.69, 9.17) is 9.16 Å². The van der Waals surface area contributed by atoms with E-state index in [2.05, 4.69) is 48.8 Å². The minimum atomic E-state index is -1.46. The van der Waals surface area contributed by atoms with E-state index in [1.807, 2.05) is 37.3 Å². The lowest BCUT2D eigenvalue weighted by molar-refractivity contribution is -0.400. The molecule has 2 aromatic rings. The number of methoxy groups -OCH3 is 1. The molecule has 0 spiro atoms. The summed E-state index contributed by atoms with van der Waals surface area (Å²) in [5.74, 6) is 0. The molecular weight excluding hydrogens is 384 g/mol. The Balaban J connectivity index is 0.000000308. The Morgan fingerprint density at radius 2 is 1.66 bits per heavy atom. The van der Waals surface area contributed by atoms with Crippen LogP contribution in [-0.2, 0) is 15.7 Å². The lowest BCUT2D eigenvalue weighted by atomic mass is 10.1. The number of nitro groups is 1. The van der Waals surface area contributed by atoms with E-state index in [1.54, 1.807) is 7.11 Å². The van der Waals surface area contributed by atoms with E-state index in [-0.39, 0.29) is 0 Å². The molecule has 0 fully saturated rings. The van der Waals surface area contributed by atoms with Crippen LogP contribution in [-0.4, -0.2) is 38.7 Å². The van der Waals surface area contributed by atoms with E-state index in [0.29, 0.717) is 13.5 Å². The first-order valence-corrected chi connectivity index (χ1v) is 12.9. The highest BCUT2D eigenvalue weighted by Gasteiger charge is 2.16. The van der Waals surface area contributed by atoms with Crippen LogP contribution in [0, 0.1) is 17.0 Å². The van der Waals surface area contributed by atoms with Crippen molar-refractivity contribution in [3.63, 3.8) is 0 Å². The van der Waals surface area contributed by atoms with Crippen molar-refractivity contribution >= 4 is 14.4 Å². The highest BCUT2D eigenvalue weighted by Crippen LogP contribution is 2.08. The Morgan fingerprint density at radius 1 is 1.03 bits per heavy atom. The second-order valence-corrected chi connectivity index (χ2v) is 12.1. The molecule has 7 heteroatoms. The molecule has 2 aromatic carbocycles. The monoisotopic (exact) mass is 416 g/mol. The average Bonchev–Trinajstić information content (AvgIpc) is 2.66. The summed E-state index contributed by atoms with van der Waals surface area (Å²) in [7, 11) is 0.251. The summed E-state index contributed by atoms with van der Waals surface area (Å²) in [6, 6.07) is 17.9. The molecule has 0 aliphatic heterocycles. The largest absolute Gasteiger partial charge is 0.405 e. The summed E-state index contributed by atoms with van der Waals surface area (Å²) in [5.41, 5.74) is 3.27. The molecule has 0 aliphatic rings. The van der Waals surface area contributed by atoms with Crippen LogP contribution in [0.25, 0.3) is 6.08 Å². The predicted octanol–water partition coefficient (Wildman–Crippen LogP) is 5.14. The van der Waals surface area contributed by atoms with Crippen molar-refractivity contribution < 1.29 is 14.1 Å². The first-order valence-electron chi connectivity index (χ1n) is 9.47. The quantitative estimate of drug-likeness (QED) is 0.245. The normalized spacial score (nSPS) is 11.4. The average molecular weight is 417 g/mol. The summed E-state index contributed by atoms with van der Waals surface area (Å²) in [4.78, 5) is 11.6. The second-order valence-electron chi connectivity index (χ2n) is 7.63. The van der Waals surface area contributed by atoms with Crippen molar-refractivity contribution in [2.24, 2.45) is 0 Å². The van der Waals surface area contributed by atoms with E-state index in [1.165, 1.54) is 11.6 Å². The van der Waals surface area contributed by atoms with Crippen molar-refractivity contribution in [2.45, 2.75) is 33.1 Å². The fourth-order valence-corrected chi connectivity index (χ4v) is 2.83. The zero-order valence-electron chi connectivity index (χ0n) is 18.0. The highest BCUT2D eigenvalue weighted by atomic mass is 28.4. The van der Waals surface area contributed by atoms with Crippen LogP contribution in [0.3, 0.4) is 0 Å². The number of ether oxygens (including phenoxy) is 1. The van der Waals surface area contributed by atoms with Crippen LogP contribution < -0.4 is 0 Å². The molecule has 0 bridgehead atoms. The lowest BCUT2D eigenvalue weighted by Crippen LogP contribution is -2.35. The van der Waals surface area contributed by atoms with Crippen LogP contribution in [0.5, 0.6) is 0 Å². The van der Waals surface area contributed by atoms with Gasteiger partial charge in [-0.2, -0.15) is 0 Å². The van der Waals surface area contributed by atoms with Crippen molar-refractivity contribution in [1.82, 2.24) is 4.90 Å². The fraction of sp³-hybridized carbons (Fsp3) is 0.364. The smallest absolute Gasteiger partial charge is 0.235 e. The van der Waals surface area contributed by atoms with Crippen molar-refractivity contribution in [1.29, 1.82) is 0 Å². The third-order valence-electron chi connectivity index (χ3n) is 3.71. The van der Waals surface area contributed by atoms with E-state index < -0.39 is 13.2 Å². The summed E-state index contributed by atoms with van der Waals surface area (Å²) in [6.07, 6.45) is 2.41. The van der Waals surface area contributed by atoms with Gasteiger partial charge in [-0.15, -0.1) is 0 Å². The van der Waals surface area contributed by atoms with Crippen molar-refractivity contribution in [2.75, 3.05) is 20.6 Å². The fourth-order valence-electron chi connectivity index (χ4n) is 2.26. The van der Waals surface area contributed by atoms with Gasteiger partial charge in [-0.25, -0.2) is 0 Å². The van der Waals surface area contributed by atoms with Crippen molar-refractivity contribution in [3.05, 3.63) is 87.6 Å². The summed E-state index contributed by atoms with van der Waals surface area (Å²) in [5, 5.41) is 9.96. The number of rotatable bonds is 9. The zero-order valence-corrected chi connectivity index (χ0v) is 19.0. The molecule has 0 saturated heterocycles. The number of benzene rings is 2. The Kier molecular flexibility index (Phi) is 11.1. The molecule has 0 radical (unpaired) electrons. The summed E-state index contributed by atoms with van der Waals surface area (Å²) in [6.45, 7) is 10.7. The molecule has 29 heavy (non-hydrogen) atoms. The molecule has 2 rings (SSSR count). The van der Waals surface area contributed by atoms with Gasteiger partial charge in [-0.1, -0.05) is 60.2 Å². The van der Waals surface area contributed by atoms with Gasteiger partial charge in [0.15, 0.2) is 8.32 Å². The number of hydrogen-bond donors (Lipinski definition) is 0. The van der Waals surface area contributed by atoms with Crippen LogP contribution in [0.4, 0.5) is 0 Å². The van der Waals surface area contributed by atoms with Gasteiger partial charge in [0.2, 0.25) is 6.20 Å². The molecule has 0 heterocycles. The topological polar surface area (TPSA) is 64.8 Å². The summed E-state index contributed by atoms with van der Waals surface area (Å²) < 4.78 is 11.1. The molecule has 0 aliphatic carbocycles. The Labute approximate surface area is 175 Å². The first-order chi connectivity index (χ1) is 13.7. The van der Waals surface area contributed by atoms with E-state index in [0.717, 1.165) is 23.9 Å². The molecule has 0 unspecified atom stereocenters.